The molecular weight excluding hydrogens is 358 g/mol. The fourth-order valence-corrected chi connectivity index (χ4v) is 3.14. The second-order valence-electron chi connectivity index (χ2n) is 7.17. The summed E-state index contributed by atoms with van der Waals surface area (Å²) in [6.45, 7) is 4.29. The summed E-state index contributed by atoms with van der Waals surface area (Å²) in [5, 5.41) is 3.49. The molecule has 29 heavy (non-hydrogen) atoms. The minimum atomic E-state index is 0.568. The zero-order chi connectivity index (χ0) is 20.2. The lowest BCUT2D eigenvalue weighted by Gasteiger charge is -2.14. The van der Waals surface area contributed by atoms with Crippen LogP contribution in [0.5, 0.6) is 11.5 Å². The van der Waals surface area contributed by atoms with Crippen molar-refractivity contribution in [3.8, 4) is 11.5 Å². The molecule has 0 aliphatic carbocycles. The summed E-state index contributed by atoms with van der Waals surface area (Å²) in [6.07, 6.45) is 4.85. The molecule has 3 nitrogen and oxygen atoms in total. The van der Waals surface area contributed by atoms with Gasteiger partial charge < -0.3 is 14.8 Å². The Bertz CT molecular complexity index is 848. The Labute approximate surface area is 174 Å². The molecule has 0 heterocycles. The standard InChI is InChI=1S/C26H31NO2/c1-2-3-4-10-18-28-26-17-9-8-14-23(26)20-27-24-15-11-16-25(19-24)29-21-22-12-6-5-7-13-22/h5-9,11-17,19,27H,2-4,10,18,20-21H2,1H3. The molecule has 0 spiro atoms. The van der Waals surface area contributed by atoms with E-state index in [0.717, 1.165) is 35.8 Å². The fourth-order valence-electron chi connectivity index (χ4n) is 3.14. The average molecular weight is 390 g/mol. The van der Waals surface area contributed by atoms with E-state index in [1.165, 1.54) is 24.8 Å². The van der Waals surface area contributed by atoms with Crippen molar-refractivity contribution in [3.63, 3.8) is 0 Å². The van der Waals surface area contributed by atoms with E-state index in [1.807, 2.05) is 42.5 Å². The summed E-state index contributed by atoms with van der Waals surface area (Å²) >= 11 is 0. The lowest BCUT2D eigenvalue weighted by molar-refractivity contribution is 0.302. The van der Waals surface area contributed by atoms with E-state index in [9.17, 15) is 0 Å². The first-order valence-electron chi connectivity index (χ1n) is 10.6. The Morgan fingerprint density at radius 2 is 1.59 bits per heavy atom. The maximum absolute atomic E-state index is 6.02. The molecule has 0 radical (unpaired) electrons. The minimum Gasteiger partial charge on any atom is -0.493 e. The van der Waals surface area contributed by atoms with E-state index < -0.39 is 0 Å². The van der Waals surface area contributed by atoms with Crippen LogP contribution in [0.1, 0.15) is 43.7 Å². The zero-order valence-corrected chi connectivity index (χ0v) is 17.3. The van der Waals surface area contributed by atoms with Gasteiger partial charge in [-0.15, -0.1) is 0 Å². The molecular formula is C26H31NO2. The number of hydrogen-bond donors (Lipinski definition) is 1. The van der Waals surface area contributed by atoms with Crippen molar-refractivity contribution < 1.29 is 9.47 Å². The van der Waals surface area contributed by atoms with Crippen LogP contribution in [0.25, 0.3) is 0 Å². The lowest BCUT2D eigenvalue weighted by atomic mass is 10.2. The third-order valence-corrected chi connectivity index (χ3v) is 4.79. The first-order chi connectivity index (χ1) is 14.3. The maximum Gasteiger partial charge on any atom is 0.124 e. The molecule has 0 unspecified atom stereocenters. The number of anilines is 1. The number of para-hydroxylation sites is 1. The molecule has 0 saturated carbocycles. The molecule has 3 aromatic rings. The second kappa shape index (κ2) is 11.8. The Morgan fingerprint density at radius 1 is 0.759 bits per heavy atom. The number of nitrogens with one attached hydrogen (secondary N) is 1. The van der Waals surface area contributed by atoms with Gasteiger partial charge in [-0.3, -0.25) is 0 Å². The fraction of sp³-hybridized carbons (Fsp3) is 0.308. The van der Waals surface area contributed by atoms with Crippen LogP contribution in [0, 0.1) is 0 Å². The number of benzene rings is 3. The third kappa shape index (κ3) is 7.19. The first kappa shape index (κ1) is 20.8. The van der Waals surface area contributed by atoms with Crippen molar-refractivity contribution in [2.24, 2.45) is 0 Å². The van der Waals surface area contributed by atoms with Crippen molar-refractivity contribution in [1.29, 1.82) is 0 Å². The van der Waals surface area contributed by atoms with Crippen LogP contribution in [0.3, 0.4) is 0 Å². The van der Waals surface area contributed by atoms with Gasteiger partial charge in [0.25, 0.3) is 0 Å². The van der Waals surface area contributed by atoms with Crippen LogP contribution in [0.4, 0.5) is 5.69 Å². The van der Waals surface area contributed by atoms with Gasteiger partial charge in [0.05, 0.1) is 6.61 Å². The van der Waals surface area contributed by atoms with Gasteiger partial charge in [-0.05, 0) is 30.2 Å². The normalized spacial score (nSPS) is 10.5. The van der Waals surface area contributed by atoms with Gasteiger partial charge in [0.2, 0.25) is 0 Å². The highest BCUT2D eigenvalue weighted by Crippen LogP contribution is 2.22. The predicted molar refractivity (Wildman–Crippen MR) is 121 cm³/mol. The van der Waals surface area contributed by atoms with E-state index in [4.69, 9.17) is 9.47 Å². The zero-order valence-electron chi connectivity index (χ0n) is 17.3. The Balaban J connectivity index is 1.52. The van der Waals surface area contributed by atoms with Gasteiger partial charge in [0.15, 0.2) is 0 Å². The number of rotatable bonds is 12. The average Bonchev–Trinajstić information content (AvgIpc) is 2.78. The van der Waals surface area contributed by atoms with Crippen molar-refractivity contribution in [2.75, 3.05) is 11.9 Å². The SMILES string of the molecule is CCCCCCOc1ccccc1CNc1cccc(OCc2ccccc2)c1. The molecule has 0 fully saturated rings. The molecule has 0 aliphatic heterocycles. The second-order valence-corrected chi connectivity index (χ2v) is 7.17. The van der Waals surface area contributed by atoms with Gasteiger partial charge >= 0.3 is 0 Å². The predicted octanol–water partition coefficient (Wildman–Crippen LogP) is 6.84. The van der Waals surface area contributed by atoms with Crippen molar-refractivity contribution in [3.05, 3.63) is 90.0 Å². The molecule has 0 amide bonds. The summed E-state index contributed by atoms with van der Waals surface area (Å²) < 4.78 is 11.9. The molecule has 3 rings (SSSR count). The van der Waals surface area contributed by atoms with Crippen LogP contribution < -0.4 is 14.8 Å². The van der Waals surface area contributed by atoms with Crippen molar-refractivity contribution >= 4 is 5.69 Å². The van der Waals surface area contributed by atoms with Crippen LogP contribution in [-0.2, 0) is 13.2 Å². The van der Waals surface area contributed by atoms with Gasteiger partial charge in [0.1, 0.15) is 18.1 Å². The summed E-state index contributed by atoms with van der Waals surface area (Å²) in [6, 6.07) is 26.6. The lowest BCUT2D eigenvalue weighted by Crippen LogP contribution is -2.04. The molecule has 0 bridgehead atoms. The van der Waals surface area contributed by atoms with Gasteiger partial charge in [-0.1, -0.05) is 80.8 Å². The van der Waals surface area contributed by atoms with E-state index in [-0.39, 0.29) is 0 Å². The summed E-state index contributed by atoms with van der Waals surface area (Å²) in [5.41, 5.74) is 3.36. The van der Waals surface area contributed by atoms with E-state index in [2.05, 4.69) is 48.6 Å². The van der Waals surface area contributed by atoms with Crippen molar-refractivity contribution in [2.45, 2.75) is 45.8 Å². The smallest absolute Gasteiger partial charge is 0.124 e. The minimum absolute atomic E-state index is 0.568. The highest BCUT2D eigenvalue weighted by Gasteiger charge is 2.04. The van der Waals surface area contributed by atoms with Crippen LogP contribution in [0.2, 0.25) is 0 Å². The molecule has 0 saturated heterocycles. The topological polar surface area (TPSA) is 30.5 Å². The van der Waals surface area contributed by atoms with Crippen LogP contribution >= 0.6 is 0 Å². The molecule has 0 aliphatic rings. The van der Waals surface area contributed by atoms with Gasteiger partial charge in [-0.2, -0.15) is 0 Å². The number of unbranched alkanes of at least 4 members (excludes halogenated alkanes) is 3. The highest BCUT2D eigenvalue weighted by atomic mass is 16.5. The quantitative estimate of drug-likeness (QED) is 0.344. The Hall–Kier alpha value is -2.94. The van der Waals surface area contributed by atoms with E-state index >= 15 is 0 Å². The summed E-state index contributed by atoms with van der Waals surface area (Å²) in [5.74, 6) is 1.83. The summed E-state index contributed by atoms with van der Waals surface area (Å²) in [7, 11) is 0. The van der Waals surface area contributed by atoms with Gasteiger partial charge in [0, 0.05) is 23.9 Å². The molecule has 152 valence electrons. The van der Waals surface area contributed by atoms with Crippen molar-refractivity contribution in [1.82, 2.24) is 0 Å². The third-order valence-electron chi connectivity index (χ3n) is 4.79. The number of ether oxygens (including phenoxy) is 2. The van der Waals surface area contributed by atoms with Gasteiger partial charge in [-0.25, -0.2) is 0 Å². The monoisotopic (exact) mass is 389 g/mol. The van der Waals surface area contributed by atoms with Crippen LogP contribution in [0.15, 0.2) is 78.9 Å². The molecule has 0 atom stereocenters. The molecule has 0 aromatic heterocycles. The molecule has 3 aromatic carbocycles. The maximum atomic E-state index is 6.02. The molecule has 3 heteroatoms. The highest BCUT2D eigenvalue weighted by molar-refractivity contribution is 5.49. The Morgan fingerprint density at radius 3 is 2.45 bits per heavy atom. The summed E-state index contributed by atoms with van der Waals surface area (Å²) in [4.78, 5) is 0. The molecule has 1 N–H and O–H groups in total. The number of hydrogen-bond acceptors (Lipinski definition) is 3. The Kier molecular flexibility index (Phi) is 8.46. The van der Waals surface area contributed by atoms with E-state index in [0.29, 0.717) is 13.2 Å². The largest absolute Gasteiger partial charge is 0.493 e. The van der Waals surface area contributed by atoms with E-state index in [1.54, 1.807) is 0 Å². The van der Waals surface area contributed by atoms with Crippen LogP contribution in [-0.4, -0.2) is 6.61 Å². The first-order valence-corrected chi connectivity index (χ1v) is 10.6.